The molecule has 0 aromatic heterocycles. The summed E-state index contributed by atoms with van der Waals surface area (Å²) >= 11 is 0. The van der Waals surface area contributed by atoms with Crippen LogP contribution in [0.4, 0.5) is 4.79 Å². The minimum absolute atomic E-state index is 0.0738. The summed E-state index contributed by atoms with van der Waals surface area (Å²) in [5, 5.41) is 6.45. The number of likely N-dealkylation sites (N-methyl/N-ethyl adjacent to an activating group) is 1. The Hall–Kier alpha value is -2.61. The molecule has 0 saturated carbocycles. The van der Waals surface area contributed by atoms with Crippen molar-refractivity contribution in [2.75, 3.05) is 26.7 Å². The Balaban J connectivity index is 1.99. The first kappa shape index (κ1) is 29.6. The van der Waals surface area contributed by atoms with Crippen LogP contribution < -0.4 is 10.6 Å². The zero-order valence-corrected chi connectivity index (χ0v) is 23.4. The highest BCUT2D eigenvalue weighted by atomic mass is 16.6. The first-order valence-corrected chi connectivity index (χ1v) is 13.0. The maximum Gasteiger partial charge on any atom is 0.410 e. The number of carbonyl (C=O) groups is 3. The molecule has 1 aliphatic heterocycles. The van der Waals surface area contributed by atoms with E-state index in [-0.39, 0.29) is 17.9 Å². The van der Waals surface area contributed by atoms with Gasteiger partial charge in [-0.15, -0.1) is 0 Å². The molecule has 1 aromatic carbocycles. The van der Waals surface area contributed by atoms with Crippen LogP contribution in [0.15, 0.2) is 30.3 Å². The first-order valence-electron chi connectivity index (χ1n) is 13.0. The first-order chi connectivity index (χ1) is 16.7. The standard InChI is InChI=1S/C28H46N4O4/c1-20(31(8)26(35)36-28(5,6)7)24(33)30-23(27(2,3)4)25(34)32-18-12-15-22(32)19-29-17-16-21-13-10-9-11-14-21/h9-11,13-14,20,22-23,29H,12,15-19H2,1-8H3,(H,30,33)/t20-,22-,23+/m0/s1. The Kier molecular flexibility index (Phi) is 10.3. The minimum Gasteiger partial charge on any atom is -0.444 e. The maximum absolute atomic E-state index is 13.7. The predicted octanol–water partition coefficient (Wildman–Crippen LogP) is 3.60. The molecule has 8 heteroatoms. The van der Waals surface area contributed by atoms with Gasteiger partial charge in [0.05, 0.1) is 0 Å². The number of rotatable bonds is 9. The zero-order chi connectivity index (χ0) is 27.1. The van der Waals surface area contributed by atoms with Gasteiger partial charge in [0.15, 0.2) is 0 Å². The molecule has 1 saturated heterocycles. The van der Waals surface area contributed by atoms with Gasteiger partial charge in [-0.3, -0.25) is 14.5 Å². The Morgan fingerprint density at radius 2 is 1.75 bits per heavy atom. The van der Waals surface area contributed by atoms with Gasteiger partial charge in [-0.05, 0) is 64.5 Å². The Bertz CT molecular complexity index is 876. The number of benzene rings is 1. The summed E-state index contributed by atoms with van der Waals surface area (Å²) in [7, 11) is 1.53. The Morgan fingerprint density at radius 3 is 2.33 bits per heavy atom. The topological polar surface area (TPSA) is 91.0 Å². The van der Waals surface area contributed by atoms with Crippen LogP contribution in [0.1, 0.15) is 66.9 Å². The van der Waals surface area contributed by atoms with Gasteiger partial charge in [-0.25, -0.2) is 4.79 Å². The highest BCUT2D eigenvalue weighted by molar-refractivity contribution is 5.91. The fourth-order valence-electron chi connectivity index (χ4n) is 4.23. The van der Waals surface area contributed by atoms with E-state index in [4.69, 9.17) is 4.74 Å². The third kappa shape index (κ3) is 8.80. The summed E-state index contributed by atoms with van der Waals surface area (Å²) in [6.45, 7) is 15.1. The highest BCUT2D eigenvalue weighted by Crippen LogP contribution is 2.26. The molecule has 3 atom stereocenters. The van der Waals surface area contributed by atoms with Crippen LogP contribution >= 0.6 is 0 Å². The Labute approximate surface area is 217 Å². The number of nitrogens with zero attached hydrogens (tertiary/aromatic N) is 2. The molecule has 0 unspecified atom stereocenters. The van der Waals surface area contributed by atoms with Crippen LogP contribution in [0.3, 0.4) is 0 Å². The molecule has 3 amide bonds. The molecule has 2 rings (SSSR count). The van der Waals surface area contributed by atoms with Crippen molar-refractivity contribution in [3.05, 3.63) is 35.9 Å². The summed E-state index contributed by atoms with van der Waals surface area (Å²) < 4.78 is 5.39. The van der Waals surface area contributed by atoms with E-state index < -0.39 is 29.2 Å². The second kappa shape index (κ2) is 12.6. The molecule has 36 heavy (non-hydrogen) atoms. The highest BCUT2D eigenvalue weighted by Gasteiger charge is 2.40. The third-order valence-corrected chi connectivity index (χ3v) is 6.51. The predicted molar refractivity (Wildman–Crippen MR) is 143 cm³/mol. The van der Waals surface area contributed by atoms with Crippen molar-refractivity contribution < 1.29 is 19.1 Å². The van der Waals surface area contributed by atoms with E-state index in [2.05, 4.69) is 22.8 Å². The summed E-state index contributed by atoms with van der Waals surface area (Å²) in [5.41, 5.74) is 0.126. The van der Waals surface area contributed by atoms with Crippen molar-refractivity contribution in [3.63, 3.8) is 0 Å². The van der Waals surface area contributed by atoms with Crippen molar-refractivity contribution in [2.45, 2.75) is 91.5 Å². The number of hydrogen-bond donors (Lipinski definition) is 2. The van der Waals surface area contributed by atoms with Crippen molar-refractivity contribution >= 4 is 17.9 Å². The molecule has 1 heterocycles. The zero-order valence-electron chi connectivity index (χ0n) is 23.4. The van der Waals surface area contributed by atoms with Gasteiger partial charge in [0, 0.05) is 26.2 Å². The van der Waals surface area contributed by atoms with E-state index in [9.17, 15) is 14.4 Å². The molecule has 1 fully saturated rings. The molecule has 2 N–H and O–H groups in total. The van der Waals surface area contributed by atoms with E-state index in [1.165, 1.54) is 17.5 Å². The van der Waals surface area contributed by atoms with Crippen molar-refractivity contribution in [1.82, 2.24) is 20.4 Å². The Morgan fingerprint density at radius 1 is 1.11 bits per heavy atom. The van der Waals surface area contributed by atoms with E-state index in [0.717, 1.165) is 32.4 Å². The third-order valence-electron chi connectivity index (χ3n) is 6.51. The molecule has 0 aliphatic carbocycles. The molecule has 1 aromatic rings. The van der Waals surface area contributed by atoms with E-state index in [1.54, 1.807) is 27.7 Å². The van der Waals surface area contributed by atoms with Gasteiger partial charge in [0.2, 0.25) is 11.8 Å². The fraction of sp³-hybridized carbons (Fsp3) is 0.679. The van der Waals surface area contributed by atoms with Crippen LogP contribution in [-0.2, 0) is 20.7 Å². The molecule has 0 spiro atoms. The molecule has 0 radical (unpaired) electrons. The smallest absolute Gasteiger partial charge is 0.410 e. The molecular formula is C28H46N4O4. The number of hydrogen-bond acceptors (Lipinski definition) is 5. The van der Waals surface area contributed by atoms with Crippen molar-refractivity contribution in [3.8, 4) is 0 Å². The number of ether oxygens (including phenoxy) is 1. The van der Waals surface area contributed by atoms with E-state index >= 15 is 0 Å². The molecule has 8 nitrogen and oxygen atoms in total. The lowest BCUT2D eigenvalue weighted by molar-refractivity contribution is -0.141. The fourth-order valence-corrected chi connectivity index (χ4v) is 4.23. The summed E-state index contributed by atoms with van der Waals surface area (Å²) in [6.07, 6.45) is 2.24. The minimum atomic E-state index is -0.786. The quantitative estimate of drug-likeness (QED) is 0.504. The van der Waals surface area contributed by atoms with Crippen molar-refractivity contribution in [2.24, 2.45) is 5.41 Å². The van der Waals surface area contributed by atoms with Gasteiger partial charge in [-0.2, -0.15) is 0 Å². The number of nitrogens with one attached hydrogen (secondary N) is 2. The maximum atomic E-state index is 13.7. The van der Waals surface area contributed by atoms with Crippen molar-refractivity contribution in [1.29, 1.82) is 0 Å². The molecular weight excluding hydrogens is 456 g/mol. The largest absolute Gasteiger partial charge is 0.444 e. The van der Waals surface area contributed by atoms with Gasteiger partial charge in [0.25, 0.3) is 0 Å². The second-order valence-corrected chi connectivity index (χ2v) is 11.8. The van der Waals surface area contributed by atoms with Crippen LogP contribution in [0.25, 0.3) is 0 Å². The summed E-state index contributed by atoms with van der Waals surface area (Å²) in [6, 6.07) is 8.93. The number of amides is 3. The molecule has 0 bridgehead atoms. The number of likely N-dealkylation sites (tertiary alicyclic amines) is 1. The monoisotopic (exact) mass is 502 g/mol. The summed E-state index contributed by atoms with van der Waals surface area (Å²) in [5.74, 6) is -0.455. The molecule has 1 aliphatic rings. The second-order valence-electron chi connectivity index (χ2n) is 11.8. The van der Waals surface area contributed by atoms with Gasteiger partial charge >= 0.3 is 6.09 Å². The average molecular weight is 503 g/mol. The van der Waals surface area contributed by atoms with Crippen LogP contribution in [0, 0.1) is 5.41 Å². The summed E-state index contributed by atoms with van der Waals surface area (Å²) in [4.78, 5) is 42.4. The van der Waals surface area contributed by atoms with Gasteiger partial charge in [0.1, 0.15) is 17.7 Å². The normalized spacial score (nSPS) is 17.9. The van der Waals surface area contributed by atoms with Gasteiger partial charge in [-0.1, -0.05) is 51.1 Å². The van der Waals surface area contributed by atoms with E-state index in [0.29, 0.717) is 6.54 Å². The SMILES string of the molecule is C[C@@H](C(=O)N[C@H](C(=O)N1CCC[C@H]1CNCCc1ccccc1)C(C)(C)C)N(C)C(=O)OC(C)(C)C. The average Bonchev–Trinajstić information content (AvgIpc) is 3.26. The lowest BCUT2D eigenvalue weighted by Crippen LogP contribution is -2.59. The van der Waals surface area contributed by atoms with Crippen LogP contribution in [0.2, 0.25) is 0 Å². The van der Waals surface area contributed by atoms with E-state index in [1.807, 2.05) is 43.9 Å². The lowest BCUT2D eigenvalue weighted by Gasteiger charge is -2.37. The van der Waals surface area contributed by atoms with Gasteiger partial charge < -0.3 is 20.3 Å². The molecule has 202 valence electrons. The number of carbonyl (C=O) groups excluding carboxylic acids is 3. The lowest BCUT2D eigenvalue weighted by atomic mass is 9.85. The van der Waals surface area contributed by atoms with Crippen LogP contribution in [-0.4, -0.2) is 78.1 Å². The van der Waals surface area contributed by atoms with Crippen LogP contribution in [0.5, 0.6) is 0 Å².